The zero-order chi connectivity index (χ0) is 13.1. The predicted octanol–water partition coefficient (Wildman–Crippen LogP) is 4.60. The molecule has 2 aromatic rings. The maximum Gasteiger partial charge on any atom is 0.0345 e. The third-order valence-corrected chi connectivity index (χ3v) is 4.69. The van der Waals surface area contributed by atoms with Crippen LogP contribution >= 0.6 is 11.3 Å². The Balaban J connectivity index is 2.23. The minimum atomic E-state index is 0.457. The highest BCUT2D eigenvalue weighted by molar-refractivity contribution is 7.15. The fourth-order valence-electron chi connectivity index (χ4n) is 1.92. The first-order valence-electron chi connectivity index (χ1n) is 6.52. The van der Waals surface area contributed by atoms with Gasteiger partial charge in [-0.3, -0.25) is 0 Å². The highest BCUT2D eigenvalue weighted by Gasteiger charge is 2.08. The first-order valence-corrected chi connectivity index (χ1v) is 7.33. The Morgan fingerprint density at radius 1 is 1.00 bits per heavy atom. The molecule has 0 aliphatic carbocycles. The molecule has 2 heteroatoms. The van der Waals surface area contributed by atoms with E-state index in [9.17, 15) is 0 Å². The van der Waals surface area contributed by atoms with Crippen molar-refractivity contribution in [3.05, 3.63) is 46.8 Å². The number of benzene rings is 1. The molecule has 2 rings (SSSR count). The van der Waals surface area contributed by atoms with Crippen LogP contribution in [-0.2, 0) is 0 Å². The molecule has 2 N–H and O–H groups in total. The number of rotatable bonds is 4. The van der Waals surface area contributed by atoms with Gasteiger partial charge in [0.1, 0.15) is 0 Å². The van der Waals surface area contributed by atoms with Gasteiger partial charge in [-0.1, -0.05) is 45.0 Å². The Kier molecular flexibility index (Phi) is 4.20. The van der Waals surface area contributed by atoms with Gasteiger partial charge in [0.2, 0.25) is 0 Å². The lowest BCUT2D eigenvalue weighted by atomic mass is 10.0. The summed E-state index contributed by atoms with van der Waals surface area (Å²) in [5.74, 6) is 1.05. The molecule has 0 bridgehead atoms. The Bertz CT molecular complexity index is 496. The van der Waals surface area contributed by atoms with Crippen molar-refractivity contribution in [2.75, 3.05) is 6.54 Å². The molecule has 0 saturated heterocycles. The first kappa shape index (κ1) is 13.3. The van der Waals surface area contributed by atoms with E-state index in [2.05, 4.69) is 57.2 Å². The van der Waals surface area contributed by atoms with Crippen LogP contribution in [0.5, 0.6) is 0 Å². The second-order valence-corrected chi connectivity index (χ2v) is 6.23. The summed E-state index contributed by atoms with van der Waals surface area (Å²) < 4.78 is 0. The van der Waals surface area contributed by atoms with Crippen LogP contribution in [0, 0.1) is 0 Å². The van der Waals surface area contributed by atoms with Gasteiger partial charge in [0, 0.05) is 15.7 Å². The van der Waals surface area contributed by atoms with Crippen LogP contribution < -0.4 is 5.73 Å². The number of nitrogens with two attached hydrogens (primary N) is 1. The molecule has 18 heavy (non-hydrogen) atoms. The summed E-state index contributed by atoms with van der Waals surface area (Å²) in [6.07, 6.45) is 0. The SMILES string of the molecule is CC(C)c1ccc(-c2ccc(C(C)CN)s2)cc1. The van der Waals surface area contributed by atoms with Gasteiger partial charge >= 0.3 is 0 Å². The molecular weight excluding hydrogens is 238 g/mol. The normalized spacial score (nSPS) is 12.9. The summed E-state index contributed by atoms with van der Waals surface area (Å²) >= 11 is 1.85. The number of hydrogen-bond donors (Lipinski definition) is 1. The summed E-state index contributed by atoms with van der Waals surface area (Å²) in [5, 5.41) is 0. The second-order valence-electron chi connectivity index (χ2n) is 5.12. The fraction of sp³-hybridized carbons (Fsp3) is 0.375. The van der Waals surface area contributed by atoms with Gasteiger partial charge in [-0.05, 0) is 35.7 Å². The van der Waals surface area contributed by atoms with Crippen molar-refractivity contribution in [2.24, 2.45) is 5.73 Å². The fourth-order valence-corrected chi connectivity index (χ4v) is 3.00. The van der Waals surface area contributed by atoms with Crippen LogP contribution in [0.15, 0.2) is 36.4 Å². The molecule has 1 atom stereocenters. The predicted molar refractivity (Wildman–Crippen MR) is 81.3 cm³/mol. The van der Waals surface area contributed by atoms with Gasteiger partial charge in [-0.2, -0.15) is 0 Å². The average Bonchev–Trinajstić information content (AvgIpc) is 2.87. The summed E-state index contributed by atoms with van der Waals surface area (Å²) in [4.78, 5) is 2.71. The van der Waals surface area contributed by atoms with Gasteiger partial charge in [0.05, 0.1) is 0 Å². The molecule has 0 saturated carbocycles. The Labute approximate surface area is 114 Å². The number of thiophene rings is 1. The smallest absolute Gasteiger partial charge is 0.0345 e. The second kappa shape index (κ2) is 5.68. The van der Waals surface area contributed by atoms with E-state index in [1.54, 1.807) is 0 Å². The lowest BCUT2D eigenvalue weighted by Crippen LogP contribution is -2.06. The maximum atomic E-state index is 5.71. The summed E-state index contributed by atoms with van der Waals surface area (Å²) in [6.45, 7) is 7.34. The molecule has 1 heterocycles. The summed E-state index contributed by atoms with van der Waals surface area (Å²) in [6, 6.07) is 13.3. The van der Waals surface area contributed by atoms with Crippen molar-refractivity contribution in [3.63, 3.8) is 0 Å². The van der Waals surface area contributed by atoms with Crippen molar-refractivity contribution in [2.45, 2.75) is 32.6 Å². The highest BCUT2D eigenvalue weighted by Crippen LogP contribution is 2.32. The first-order chi connectivity index (χ1) is 8.61. The van der Waals surface area contributed by atoms with E-state index in [1.807, 2.05) is 11.3 Å². The van der Waals surface area contributed by atoms with Crippen LogP contribution in [0.1, 0.15) is 43.0 Å². The number of hydrogen-bond acceptors (Lipinski definition) is 2. The van der Waals surface area contributed by atoms with E-state index >= 15 is 0 Å². The van der Waals surface area contributed by atoms with Crippen molar-refractivity contribution < 1.29 is 0 Å². The Morgan fingerprint density at radius 3 is 2.22 bits per heavy atom. The maximum absolute atomic E-state index is 5.71. The van der Waals surface area contributed by atoms with Crippen molar-refractivity contribution >= 4 is 11.3 Å². The zero-order valence-electron chi connectivity index (χ0n) is 11.3. The highest BCUT2D eigenvalue weighted by atomic mass is 32.1. The molecule has 0 spiro atoms. The Morgan fingerprint density at radius 2 is 1.67 bits per heavy atom. The molecule has 1 unspecified atom stereocenters. The van der Waals surface area contributed by atoms with E-state index < -0.39 is 0 Å². The molecule has 0 aliphatic heterocycles. The topological polar surface area (TPSA) is 26.0 Å². The monoisotopic (exact) mass is 259 g/mol. The summed E-state index contributed by atoms with van der Waals surface area (Å²) in [5.41, 5.74) is 8.41. The molecule has 1 aromatic heterocycles. The largest absolute Gasteiger partial charge is 0.330 e. The van der Waals surface area contributed by atoms with Crippen LogP contribution in [0.25, 0.3) is 10.4 Å². The van der Waals surface area contributed by atoms with Crippen molar-refractivity contribution in [3.8, 4) is 10.4 Å². The molecule has 0 radical (unpaired) electrons. The third-order valence-electron chi connectivity index (χ3n) is 3.33. The van der Waals surface area contributed by atoms with Gasteiger partial charge in [0.25, 0.3) is 0 Å². The molecule has 1 nitrogen and oxygen atoms in total. The van der Waals surface area contributed by atoms with E-state index in [0.29, 0.717) is 18.4 Å². The van der Waals surface area contributed by atoms with Crippen LogP contribution in [0.2, 0.25) is 0 Å². The summed E-state index contributed by atoms with van der Waals surface area (Å²) in [7, 11) is 0. The van der Waals surface area contributed by atoms with Crippen molar-refractivity contribution in [1.29, 1.82) is 0 Å². The third kappa shape index (κ3) is 2.82. The quantitative estimate of drug-likeness (QED) is 0.853. The lowest BCUT2D eigenvalue weighted by molar-refractivity contribution is 0.790. The average molecular weight is 259 g/mol. The van der Waals surface area contributed by atoms with Gasteiger partial charge in [-0.25, -0.2) is 0 Å². The molecule has 0 aliphatic rings. The molecule has 1 aromatic carbocycles. The molecule has 96 valence electrons. The lowest BCUT2D eigenvalue weighted by Gasteiger charge is -2.06. The van der Waals surface area contributed by atoms with E-state index in [-0.39, 0.29) is 0 Å². The van der Waals surface area contributed by atoms with E-state index in [4.69, 9.17) is 5.73 Å². The van der Waals surface area contributed by atoms with Gasteiger partial charge in [0.15, 0.2) is 0 Å². The van der Waals surface area contributed by atoms with Crippen molar-refractivity contribution in [1.82, 2.24) is 0 Å². The van der Waals surface area contributed by atoms with Crippen LogP contribution in [-0.4, -0.2) is 6.54 Å². The van der Waals surface area contributed by atoms with Crippen LogP contribution in [0.4, 0.5) is 0 Å². The van der Waals surface area contributed by atoms with Gasteiger partial charge in [-0.15, -0.1) is 11.3 Å². The van der Waals surface area contributed by atoms with Gasteiger partial charge < -0.3 is 5.73 Å². The zero-order valence-corrected chi connectivity index (χ0v) is 12.1. The standard InChI is InChI=1S/C16H21NS/c1-11(2)13-4-6-14(7-5-13)16-9-8-15(18-16)12(3)10-17/h4-9,11-12H,10,17H2,1-3H3. The van der Waals surface area contributed by atoms with E-state index in [1.165, 1.54) is 20.9 Å². The Hall–Kier alpha value is -1.12. The van der Waals surface area contributed by atoms with Crippen LogP contribution in [0.3, 0.4) is 0 Å². The molecule has 0 amide bonds. The molecule has 0 fully saturated rings. The minimum absolute atomic E-state index is 0.457. The van der Waals surface area contributed by atoms with E-state index in [0.717, 1.165) is 0 Å². The molecular formula is C16H21NS. The minimum Gasteiger partial charge on any atom is -0.330 e.